The van der Waals surface area contributed by atoms with Gasteiger partial charge in [-0.05, 0) is 24.3 Å². The molecule has 4 N–H and O–H groups in total. The Morgan fingerprint density at radius 2 is 1.47 bits per heavy atom. The molecule has 3 rings (SSSR count). The van der Waals surface area contributed by atoms with Crippen molar-refractivity contribution in [2.45, 2.75) is 12.2 Å². The summed E-state index contributed by atoms with van der Waals surface area (Å²) in [7, 11) is 0. The van der Waals surface area contributed by atoms with Crippen molar-refractivity contribution in [1.29, 1.82) is 0 Å². The Bertz CT molecular complexity index is 1150. The van der Waals surface area contributed by atoms with Gasteiger partial charge in [-0.25, -0.2) is 14.6 Å². The maximum atomic E-state index is 15.4. The lowest BCUT2D eigenvalue weighted by Crippen LogP contribution is -2.49. The third-order valence-electron chi connectivity index (χ3n) is 4.52. The molecule has 0 atom stereocenters. The number of nitrogens with two attached hydrogens (primary N) is 2. The van der Waals surface area contributed by atoms with E-state index < -0.39 is 47.6 Å². The van der Waals surface area contributed by atoms with E-state index in [0.29, 0.717) is 11.1 Å². The second kappa shape index (κ2) is 9.51. The summed E-state index contributed by atoms with van der Waals surface area (Å²) in [6.07, 6.45) is -1.91. The van der Waals surface area contributed by atoms with E-state index in [4.69, 9.17) is 11.7 Å². The minimum absolute atomic E-state index is 0.198. The monoisotopic (exact) mass is 487 g/mol. The average molecular weight is 487 g/mol. The van der Waals surface area contributed by atoms with Crippen molar-refractivity contribution in [2.24, 2.45) is 16.8 Å². The van der Waals surface area contributed by atoms with Crippen LogP contribution in [0.2, 0.25) is 0 Å². The summed E-state index contributed by atoms with van der Waals surface area (Å²) >= 11 is 0. The molecule has 7 nitrogen and oxygen atoms in total. The first-order valence-electron chi connectivity index (χ1n) is 9.29. The lowest BCUT2D eigenvalue weighted by atomic mass is 10.1. The SMILES string of the molecule is N/N=C\N(N)CN(c1ccc(F)cc1F)C(F)(F)c1ccc(-c2ccc(C(F)(F)F)nc2)cn1. The number of benzene rings is 1. The smallest absolute Gasteiger partial charge is 0.322 e. The molecule has 0 aliphatic heterocycles. The summed E-state index contributed by atoms with van der Waals surface area (Å²) in [5.74, 6) is 8.23. The lowest BCUT2D eigenvalue weighted by molar-refractivity contribution is -0.141. The van der Waals surface area contributed by atoms with Gasteiger partial charge in [0, 0.05) is 29.6 Å². The van der Waals surface area contributed by atoms with E-state index in [1.54, 1.807) is 0 Å². The van der Waals surface area contributed by atoms with Gasteiger partial charge >= 0.3 is 12.2 Å². The van der Waals surface area contributed by atoms with Gasteiger partial charge in [0.15, 0.2) is 0 Å². The number of hydrazine groups is 1. The molecule has 14 heteroatoms. The largest absolute Gasteiger partial charge is 0.433 e. The molecule has 2 aromatic heterocycles. The molecule has 0 radical (unpaired) electrons. The molecule has 2 heterocycles. The molecule has 3 aromatic rings. The molecule has 0 bridgehead atoms. The standard InChI is InChI=1S/C20H16F7N7/c21-14-3-4-16(15(22)7-14)34(11-33(29)10-32-28)20(26,27)18-6-2-13(9-31-18)12-1-5-17(30-8-12)19(23,24)25/h1-10H,11,28-29H2/b32-10-. The first-order valence-corrected chi connectivity index (χ1v) is 9.29. The third-order valence-corrected chi connectivity index (χ3v) is 4.52. The number of pyridine rings is 2. The van der Waals surface area contributed by atoms with Crippen LogP contribution in [-0.4, -0.2) is 28.0 Å². The number of halogens is 7. The molecular formula is C20H16F7N7. The first-order chi connectivity index (χ1) is 15.9. The van der Waals surface area contributed by atoms with Crippen LogP contribution in [0.25, 0.3) is 11.1 Å². The Labute approximate surface area is 188 Å². The predicted molar refractivity (Wildman–Crippen MR) is 109 cm³/mol. The zero-order valence-corrected chi connectivity index (χ0v) is 17.0. The molecular weight excluding hydrogens is 471 g/mol. The molecule has 0 saturated heterocycles. The number of rotatable bonds is 7. The number of hydrogen-bond acceptors (Lipinski definition) is 6. The molecule has 34 heavy (non-hydrogen) atoms. The second-order valence-corrected chi connectivity index (χ2v) is 6.85. The van der Waals surface area contributed by atoms with Crippen LogP contribution in [0.15, 0.2) is 60.0 Å². The van der Waals surface area contributed by atoms with Crippen LogP contribution in [0.5, 0.6) is 0 Å². The second-order valence-electron chi connectivity index (χ2n) is 6.85. The zero-order valence-electron chi connectivity index (χ0n) is 17.0. The molecule has 0 saturated carbocycles. The molecule has 0 spiro atoms. The van der Waals surface area contributed by atoms with Crippen LogP contribution in [-0.2, 0) is 12.2 Å². The van der Waals surface area contributed by atoms with Gasteiger partial charge in [0.25, 0.3) is 0 Å². The van der Waals surface area contributed by atoms with E-state index in [2.05, 4.69) is 15.1 Å². The van der Waals surface area contributed by atoms with Gasteiger partial charge in [-0.15, -0.1) is 0 Å². The van der Waals surface area contributed by atoms with Crippen molar-refractivity contribution in [1.82, 2.24) is 15.0 Å². The van der Waals surface area contributed by atoms with Gasteiger partial charge < -0.3 is 5.84 Å². The normalized spacial score (nSPS) is 12.2. The summed E-state index contributed by atoms with van der Waals surface area (Å²) < 4.78 is 96.5. The zero-order chi connectivity index (χ0) is 25.1. The number of hydrazone groups is 1. The molecule has 0 aliphatic rings. The van der Waals surface area contributed by atoms with Crippen molar-refractivity contribution in [3.05, 3.63) is 77.9 Å². The summed E-state index contributed by atoms with van der Waals surface area (Å²) in [6.45, 7) is -0.831. The van der Waals surface area contributed by atoms with Gasteiger partial charge in [-0.2, -0.15) is 27.1 Å². The molecule has 0 fully saturated rings. The Morgan fingerprint density at radius 3 is 1.94 bits per heavy atom. The van der Waals surface area contributed by atoms with E-state index in [0.717, 1.165) is 49.1 Å². The van der Waals surface area contributed by atoms with Crippen molar-refractivity contribution in [3.63, 3.8) is 0 Å². The average Bonchev–Trinajstić information content (AvgIpc) is 2.78. The van der Waals surface area contributed by atoms with E-state index in [-0.39, 0.29) is 16.0 Å². The minimum Gasteiger partial charge on any atom is -0.322 e. The fraction of sp³-hybridized carbons (Fsp3) is 0.150. The van der Waals surface area contributed by atoms with Gasteiger partial charge in [-0.3, -0.25) is 19.9 Å². The lowest BCUT2D eigenvalue weighted by Gasteiger charge is -2.34. The fourth-order valence-corrected chi connectivity index (χ4v) is 2.92. The Morgan fingerprint density at radius 1 is 0.882 bits per heavy atom. The topological polar surface area (TPSA) is 96.7 Å². The van der Waals surface area contributed by atoms with Crippen molar-refractivity contribution in [2.75, 3.05) is 11.6 Å². The molecule has 0 unspecified atom stereocenters. The van der Waals surface area contributed by atoms with Gasteiger partial charge in [-0.1, -0.05) is 12.1 Å². The summed E-state index contributed by atoms with van der Waals surface area (Å²) in [5.41, 5.74) is -2.25. The highest BCUT2D eigenvalue weighted by Crippen LogP contribution is 2.37. The summed E-state index contributed by atoms with van der Waals surface area (Å²) in [4.78, 5) is 7.21. The van der Waals surface area contributed by atoms with Crippen LogP contribution >= 0.6 is 0 Å². The maximum absolute atomic E-state index is 15.4. The van der Waals surface area contributed by atoms with Crippen molar-refractivity contribution >= 4 is 12.0 Å². The highest BCUT2D eigenvalue weighted by atomic mass is 19.4. The Hall–Kier alpha value is -3.94. The Balaban J connectivity index is 1.96. The maximum Gasteiger partial charge on any atom is 0.433 e. The van der Waals surface area contributed by atoms with Crippen LogP contribution < -0.4 is 16.6 Å². The van der Waals surface area contributed by atoms with Crippen LogP contribution in [0.3, 0.4) is 0 Å². The van der Waals surface area contributed by atoms with Gasteiger partial charge in [0.05, 0.1) is 5.69 Å². The van der Waals surface area contributed by atoms with E-state index in [1.807, 2.05) is 0 Å². The van der Waals surface area contributed by atoms with Gasteiger partial charge in [0.1, 0.15) is 36.0 Å². The van der Waals surface area contributed by atoms with Crippen molar-refractivity contribution in [3.8, 4) is 11.1 Å². The number of aromatic nitrogens is 2. The molecule has 1 aromatic carbocycles. The summed E-state index contributed by atoms with van der Waals surface area (Å²) in [5, 5.41) is 3.74. The number of alkyl halides is 5. The van der Waals surface area contributed by atoms with E-state index in [1.165, 1.54) is 6.07 Å². The van der Waals surface area contributed by atoms with Gasteiger partial charge in [0.2, 0.25) is 0 Å². The van der Waals surface area contributed by atoms with Crippen molar-refractivity contribution < 1.29 is 30.7 Å². The van der Waals surface area contributed by atoms with Crippen LogP contribution in [0.4, 0.5) is 36.4 Å². The third kappa shape index (κ3) is 5.33. The number of anilines is 1. The minimum atomic E-state index is -4.63. The highest BCUT2D eigenvalue weighted by Gasteiger charge is 2.43. The van der Waals surface area contributed by atoms with E-state index in [9.17, 15) is 22.0 Å². The first kappa shape index (κ1) is 24.7. The highest BCUT2D eigenvalue weighted by molar-refractivity contribution is 5.62. The Kier molecular flexibility index (Phi) is 6.91. The molecule has 0 aliphatic carbocycles. The predicted octanol–water partition coefficient (Wildman–Crippen LogP) is 4.03. The quantitative estimate of drug-likeness (QED) is 0.0994. The summed E-state index contributed by atoms with van der Waals surface area (Å²) in [6, 6.07) is 1.97. The van der Waals surface area contributed by atoms with Crippen LogP contribution in [0, 0.1) is 11.6 Å². The molecule has 180 valence electrons. The van der Waals surface area contributed by atoms with Crippen LogP contribution in [0.1, 0.15) is 11.4 Å². The number of nitrogens with zero attached hydrogens (tertiary/aromatic N) is 5. The molecule has 0 amide bonds. The number of hydrogen-bond donors (Lipinski definition) is 2. The van der Waals surface area contributed by atoms with E-state index >= 15 is 8.78 Å². The fourth-order valence-electron chi connectivity index (χ4n) is 2.92.